The van der Waals surface area contributed by atoms with Crippen LogP contribution in [0.25, 0.3) is 0 Å². The first kappa shape index (κ1) is 30.0. The van der Waals surface area contributed by atoms with Gasteiger partial charge in [-0.3, -0.25) is 0 Å². The summed E-state index contributed by atoms with van der Waals surface area (Å²) in [5.74, 6) is 0.615. The third-order valence-corrected chi connectivity index (χ3v) is 15.9. The van der Waals surface area contributed by atoms with Crippen LogP contribution in [0.4, 0.5) is 11.4 Å². The second-order valence-electron chi connectivity index (χ2n) is 17.2. The van der Waals surface area contributed by atoms with Crippen LogP contribution in [0, 0.1) is 11.8 Å². The van der Waals surface area contributed by atoms with Crippen LogP contribution >= 0.6 is 0 Å². The molecular formula is C44H50N4O2+2. The molecule has 0 amide bonds. The highest BCUT2D eigenvalue weighted by molar-refractivity contribution is 5.77. The van der Waals surface area contributed by atoms with E-state index >= 15 is 0 Å². The quantitative estimate of drug-likeness (QED) is 0.317. The SMILES string of the molecule is C=CC[N@@+]12CC[C@@]34c5ccccc5N5C=C6C7CC8[C@@]9(CC[N@@+]8(CC=C)CC7=CCO)c7ccccc7N(C=C(C(CC31)C(=CCO)C2)C54)C69. The normalized spacial score (nSPS) is 43.4. The first-order chi connectivity index (χ1) is 24.5. The highest BCUT2D eigenvalue weighted by Gasteiger charge is 2.75. The third kappa shape index (κ3) is 3.24. The van der Waals surface area contributed by atoms with Crippen LogP contribution < -0.4 is 9.80 Å². The van der Waals surface area contributed by atoms with Gasteiger partial charge in [0.05, 0.1) is 62.3 Å². The maximum Gasteiger partial charge on any atom is 0.103 e. The number of anilines is 2. The van der Waals surface area contributed by atoms with E-state index in [0.29, 0.717) is 23.9 Å². The average molecular weight is 667 g/mol. The molecule has 2 aromatic rings. The van der Waals surface area contributed by atoms with E-state index in [2.05, 4.69) is 108 Å². The predicted molar refractivity (Wildman–Crippen MR) is 198 cm³/mol. The molecule has 0 radical (unpaired) electrons. The summed E-state index contributed by atoms with van der Waals surface area (Å²) in [6.07, 6.45) is 18.6. The topological polar surface area (TPSA) is 46.9 Å². The fourth-order valence-electron chi connectivity index (χ4n) is 14.6. The van der Waals surface area contributed by atoms with E-state index in [0.717, 1.165) is 73.9 Å². The van der Waals surface area contributed by atoms with Crippen molar-refractivity contribution in [2.24, 2.45) is 11.8 Å². The molecule has 2 N–H and O–H groups in total. The van der Waals surface area contributed by atoms with Crippen LogP contribution in [-0.2, 0) is 10.8 Å². The van der Waals surface area contributed by atoms with Gasteiger partial charge in [0.2, 0.25) is 0 Å². The van der Waals surface area contributed by atoms with Crippen LogP contribution in [0.15, 0.2) is 121 Å². The van der Waals surface area contributed by atoms with Gasteiger partial charge >= 0.3 is 0 Å². The number of rotatable bonds is 6. The minimum absolute atomic E-state index is 0.0183. The molecule has 6 unspecified atom stereocenters. The largest absolute Gasteiger partial charge is 0.392 e. The molecule has 7 aliphatic heterocycles. The second kappa shape index (κ2) is 10.0. The van der Waals surface area contributed by atoms with E-state index in [9.17, 15) is 10.2 Å². The molecule has 6 heteroatoms. The Morgan fingerprint density at radius 3 is 1.54 bits per heavy atom. The lowest BCUT2D eigenvalue weighted by Gasteiger charge is -2.59. The zero-order valence-corrected chi connectivity index (χ0v) is 29.1. The van der Waals surface area contributed by atoms with E-state index in [1.165, 1.54) is 33.6 Å². The standard InChI is InChI=1S/C44H50N4O2/c1-3-17-47-19-15-43-35-9-5-7-11-37(35)45-26-34-32-24-40-44(16-20-48(40,18-4-2)28-30(32)14-22-50)36-10-6-8-12-38(36)46(42(34)44)25-33(41(43)45)31(23-39(43)47)29(27-47)13-21-49/h3-14,25-26,31-32,39-42,49-50H,1-2,15-24,27-28H2/q+2/t31?,32?,39?,40?,41?,42?,43-,44-,47+,48+/m1/s1. The Morgan fingerprint density at radius 2 is 1.12 bits per heavy atom. The van der Waals surface area contributed by atoms with E-state index in [-0.39, 0.29) is 36.1 Å². The summed E-state index contributed by atoms with van der Waals surface area (Å²) in [5.41, 5.74) is 11.8. The van der Waals surface area contributed by atoms with Gasteiger partial charge < -0.3 is 29.0 Å². The fourth-order valence-corrected chi connectivity index (χ4v) is 14.6. The van der Waals surface area contributed by atoms with E-state index in [4.69, 9.17) is 0 Å². The lowest BCUT2D eigenvalue weighted by atomic mass is 9.56. The number of hydrogen-bond acceptors (Lipinski definition) is 4. The molecule has 2 saturated carbocycles. The summed E-state index contributed by atoms with van der Waals surface area (Å²) in [4.78, 5) is 5.54. The molecule has 4 saturated heterocycles. The molecule has 4 bridgehead atoms. The van der Waals surface area contributed by atoms with Gasteiger partial charge in [0.15, 0.2) is 0 Å². The Kier molecular flexibility index (Phi) is 6.00. The maximum atomic E-state index is 10.5. The van der Waals surface area contributed by atoms with Crippen molar-refractivity contribution in [3.05, 3.63) is 132 Å². The summed E-state index contributed by atoms with van der Waals surface area (Å²) in [6, 6.07) is 20.3. The van der Waals surface area contributed by atoms with Crippen molar-refractivity contribution in [2.75, 3.05) is 62.3 Å². The molecule has 2 aromatic carbocycles. The van der Waals surface area contributed by atoms with Crippen LogP contribution in [0.5, 0.6) is 0 Å². The Balaban J connectivity index is 1.22. The number of hydrogen-bond donors (Lipinski definition) is 2. The summed E-state index contributed by atoms with van der Waals surface area (Å²) in [6.45, 7) is 15.0. The van der Waals surface area contributed by atoms with Gasteiger partial charge in [-0.2, -0.15) is 0 Å². The number of quaternary nitrogens is 2. The number of aliphatic hydroxyl groups excluding tert-OH is 2. The Labute approximate surface area is 296 Å². The van der Waals surface area contributed by atoms with Gasteiger partial charge in [0, 0.05) is 61.3 Å². The molecule has 10 atom stereocenters. The highest BCUT2D eigenvalue weighted by Crippen LogP contribution is 2.69. The molecule has 2 aliphatic carbocycles. The maximum absolute atomic E-state index is 10.5. The first-order valence-electron chi connectivity index (χ1n) is 19.2. The monoisotopic (exact) mass is 666 g/mol. The van der Waals surface area contributed by atoms with Gasteiger partial charge in [0.25, 0.3) is 0 Å². The molecule has 7 heterocycles. The van der Waals surface area contributed by atoms with Gasteiger partial charge in [0.1, 0.15) is 25.2 Å². The molecule has 6 fully saturated rings. The van der Waals surface area contributed by atoms with Gasteiger partial charge in [-0.25, -0.2) is 0 Å². The van der Waals surface area contributed by atoms with Crippen molar-refractivity contribution >= 4 is 11.4 Å². The Morgan fingerprint density at radius 1 is 0.680 bits per heavy atom. The predicted octanol–water partition coefficient (Wildman–Crippen LogP) is 5.48. The number of fused-ring (bicyclic) bond motifs is 8. The van der Waals surface area contributed by atoms with Crippen LogP contribution in [0.2, 0.25) is 0 Å². The number of aliphatic hydroxyl groups is 2. The minimum atomic E-state index is 0.0183. The number of nitrogens with zero attached hydrogens (tertiary/aromatic N) is 4. The fraction of sp³-hybridized carbons (Fsp3) is 0.455. The summed E-state index contributed by atoms with van der Waals surface area (Å²) in [7, 11) is 0. The van der Waals surface area contributed by atoms with Gasteiger partial charge in [-0.1, -0.05) is 61.7 Å². The van der Waals surface area contributed by atoms with E-state index < -0.39 is 0 Å². The zero-order valence-electron chi connectivity index (χ0n) is 29.1. The van der Waals surface area contributed by atoms with E-state index in [1.54, 1.807) is 11.1 Å². The van der Waals surface area contributed by atoms with Gasteiger partial charge in [-0.15, -0.1) is 0 Å². The molecule has 256 valence electrons. The van der Waals surface area contributed by atoms with E-state index in [1.807, 2.05) is 0 Å². The van der Waals surface area contributed by atoms with Crippen molar-refractivity contribution in [3.8, 4) is 0 Å². The number of benzene rings is 2. The number of piperidine rings is 2. The van der Waals surface area contributed by atoms with Crippen molar-refractivity contribution < 1.29 is 19.2 Å². The lowest BCUT2D eigenvalue weighted by Crippen LogP contribution is -2.69. The molecule has 0 aromatic heterocycles. The lowest BCUT2D eigenvalue weighted by molar-refractivity contribution is -0.937. The molecule has 11 rings (SSSR count). The number of para-hydroxylation sites is 2. The molecular weight excluding hydrogens is 617 g/mol. The van der Waals surface area contributed by atoms with Crippen LogP contribution in [-0.4, -0.2) is 95.8 Å². The van der Waals surface area contributed by atoms with Crippen LogP contribution in [0.3, 0.4) is 0 Å². The van der Waals surface area contributed by atoms with Crippen molar-refractivity contribution in [2.45, 2.75) is 60.7 Å². The average Bonchev–Trinajstić information content (AvgIpc) is 3.81. The van der Waals surface area contributed by atoms with Crippen molar-refractivity contribution in [1.29, 1.82) is 0 Å². The Hall–Kier alpha value is -3.68. The van der Waals surface area contributed by atoms with Gasteiger partial charge in [-0.05, 0) is 57.7 Å². The summed E-state index contributed by atoms with van der Waals surface area (Å²) >= 11 is 0. The Bertz CT molecular complexity index is 1850. The second-order valence-corrected chi connectivity index (χ2v) is 17.2. The van der Waals surface area contributed by atoms with Crippen LogP contribution in [0.1, 0.15) is 36.8 Å². The van der Waals surface area contributed by atoms with Crippen molar-refractivity contribution in [3.63, 3.8) is 0 Å². The smallest absolute Gasteiger partial charge is 0.103 e. The minimum Gasteiger partial charge on any atom is -0.392 e. The first-order valence-corrected chi connectivity index (χ1v) is 19.2. The zero-order chi connectivity index (χ0) is 33.6. The highest BCUT2D eigenvalue weighted by atomic mass is 16.3. The molecule has 50 heavy (non-hydrogen) atoms. The molecule has 9 aliphatic rings. The summed E-state index contributed by atoms with van der Waals surface area (Å²) in [5, 5.41) is 20.9. The third-order valence-electron chi connectivity index (χ3n) is 15.9. The summed E-state index contributed by atoms with van der Waals surface area (Å²) < 4.78 is 2.12. The van der Waals surface area contributed by atoms with Crippen molar-refractivity contribution in [1.82, 2.24) is 0 Å². The molecule has 6 nitrogen and oxygen atoms in total. The molecule has 2 spiro atoms.